The summed E-state index contributed by atoms with van der Waals surface area (Å²) in [4.78, 5) is 0. The molecule has 1 aliphatic rings. The highest BCUT2D eigenvalue weighted by molar-refractivity contribution is 6.99. The number of nitrogens with one attached hydrogen (secondary N) is 1. The zero-order valence-electron chi connectivity index (χ0n) is 15.4. The summed E-state index contributed by atoms with van der Waals surface area (Å²) in [6, 6.07) is 21.4. The van der Waals surface area contributed by atoms with Crippen molar-refractivity contribution in [3.63, 3.8) is 0 Å². The van der Waals surface area contributed by atoms with Gasteiger partial charge in [-0.05, 0) is 15.4 Å². The second-order valence-corrected chi connectivity index (χ2v) is 12.2. The van der Waals surface area contributed by atoms with E-state index in [1.54, 1.807) is 0 Å². The molecule has 2 aromatic rings. The first-order valence-corrected chi connectivity index (χ1v) is 11.0. The minimum absolute atomic E-state index is 0.0295. The Morgan fingerprint density at radius 2 is 1.48 bits per heavy atom. The van der Waals surface area contributed by atoms with Crippen molar-refractivity contribution in [2.75, 3.05) is 19.7 Å². The molecule has 134 valence electrons. The molecule has 2 aromatic carbocycles. The number of aliphatic hydroxyl groups is 1. The molecule has 0 unspecified atom stereocenters. The quantitative estimate of drug-likeness (QED) is 0.808. The largest absolute Gasteiger partial charge is 0.403 e. The van der Waals surface area contributed by atoms with Crippen molar-refractivity contribution < 1.29 is 9.53 Å². The predicted octanol–water partition coefficient (Wildman–Crippen LogP) is 2.14. The summed E-state index contributed by atoms with van der Waals surface area (Å²) >= 11 is 0. The molecule has 2 N–H and O–H groups in total. The Morgan fingerprint density at radius 3 is 1.92 bits per heavy atom. The SMILES string of the molecule is CC(C)(C)[Si](O[C@@H]1CNC[C@H]1CO)(c1ccccc1)c1ccccc1. The van der Waals surface area contributed by atoms with Gasteiger partial charge in [0.1, 0.15) is 0 Å². The Labute approximate surface area is 152 Å². The molecule has 0 bridgehead atoms. The molecular weight excluding hydrogens is 326 g/mol. The summed E-state index contributed by atoms with van der Waals surface area (Å²) in [5, 5.41) is 15.7. The average molecular weight is 356 g/mol. The van der Waals surface area contributed by atoms with Crippen molar-refractivity contribution in [3.05, 3.63) is 60.7 Å². The van der Waals surface area contributed by atoms with Crippen LogP contribution in [-0.2, 0) is 4.43 Å². The predicted molar refractivity (Wildman–Crippen MR) is 106 cm³/mol. The van der Waals surface area contributed by atoms with E-state index in [-0.39, 0.29) is 23.7 Å². The van der Waals surface area contributed by atoms with Crippen LogP contribution in [0.2, 0.25) is 5.04 Å². The lowest BCUT2D eigenvalue weighted by atomic mass is 10.1. The zero-order chi connectivity index (χ0) is 17.9. The van der Waals surface area contributed by atoms with Crippen molar-refractivity contribution in [2.24, 2.45) is 5.92 Å². The van der Waals surface area contributed by atoms with Crippen LogP contribution in [0.15, 0.2) is 60.7 Å². The molecule has 3 rings (SSSR count). The van der Waals surface area contributed by atoms with E-state index >= 15 is 0 Å². The van der Waals surface area contributed by atoms with E-state index in [0.717, 1.165) is 13.1 Å². The lowest BCUT2D eigenvalue weighted by molar-refractivity contribution is 0.114. The second kappa shape index (κ2) is 7.42. The average Bonchev–Trinajstić information content (AvgIpc) is 3.07. The summed E-state index contributed by atoms with van der Waals surface area (Å²) in [5.41, 5.74) is 0. The molecule has 1 aliphatic heterocycles. The topological polar surface area (TPSA) is 41.5 Å². The van der Waals surface area contributed by atoms with Crippen LogP contribution in [0.25, 0.3) is 0 Å². The number of benzene rings is 2. The first-order valence-electron chi connectivity index (χ1n) is 9.09. The van der Waals surface area contributed by atoms with Gasteiger partial charge in [-0.1, -0.05) is 81.4 Å². The summed E-state index contributed by atoms with van der Waals surface area (Å²) in [7, 11) is -2.52. The van der Waals surface area contributed by atoms with Gasteiger partial charge in [-0.2, -0.15) is 0 Å². The molecule has 0 aliphatic carbocycles. The molecule has 0 aromatic heterocycles. The fourth-order valence-corrected chi connectivity index (χ4v) is 8.69. The lowest BCUT2D eigenvalue weighted by Gasteiger charge is -2.45. The summed E-state index contributed by atoms with van der Waals surface area (Å²) in [6.07, 6.45) is 0.0382. The molecule has 2 atom stereocenters. The molecule has 1 saturated heterocycles. The van der Waals surface area contributed by atoms with E-state index in [4.69, 9.17) is 4.43 Å². The molecular formula is C21H29NO2Si. The van der Waals surface area contributed by atoms with E-state index < -0.39 is 8.32 Å². The van der Waals surface area contributed by atoms with E-state index in [1.165, 1.54) is 10.4 Å². The van der Waals surface area contributed by atoms with E-state index in [2.05, 4.69) is 86.8 Å². The van der Waals surface area contributed by atoms with Crippen LogP contribution in [0.4, 0.5) is 0 Å². The van der Waals surface area contributed by atoms with Crippen LogP contribution in [-0.4, -0.2) is 39.2 Å². The minimum atomic E-state index is -2.52. The maximum Gasteiger partial charge on any atom is 0.261 e. The highest BCUT2D eigenvalue weighted by Gasteiger charge is 2.52. The van der Waals surface area contributed by atoms with Gasteiger partial charge >= 0.3 is 0 Å². The van der Waals surface area contributed by atoms with Gasteiger partial charge in [0.15, 0.2) is 0 Å². The fourth-order valence-electron chi connectivity index (χ4n) is 3.95. The minimum Gasteiger partial charge on any atom is -0.403 e. The highest BCUT2D eigenvalue weighted by atomic mass is 28.4. The summed E-state index contributed by atoms with van der Waals surface area (Å²) in [6.45, 7) is 8.64. The van der Waals surface area contributed by atoms with Crippen LogP contribution in [0, 0.1) is 5.92 Å². The van der Waals surface area contributed by atoms with Crippen molar-refractivity contribution in [1.82, 2.24) is 5.32 Å². The monoisotopic (exact) mass is 355 g/mol. The first kappa shape index (κ1) is 18.3. The van der Waals surface area contributed by atoms with Crippen LogP contribution in [0.3, 0.4) is 0 Å². The molecule has 4 heteroatoms. The van der Waals surface area contributed by atoms with Crippen molar-refractivity contribution in [2.45, 2.75) is 31.9 Å². The maximum atomic E-state index is 9.77. The van der Waals surface area contributed by atoms with E-state index in [1.807, 2.05) is 0 Å². The molecule has 0 radical (unpaired) electrons. The van der Waals surface area contributed by atoms with Crippen LogP contribution >= 0.6 is 0 Å². The van der Waals surface area contributed by atoms with E-state index in [0.29, 0.717) is 0 Å². The molecule has 25 heavy (non-hydrogen) atoms. The normalized spacial score (nSPS) is 21.4. The van der Waals surface area contributed by atoms with Gasteiger partial charge in [0.25, 0.3) is 8.32 Å². The third kappa shape index (κ3) is 3.44. The van der Waals surface area contributed by atoms with Crippen molar-refractivity contribution in [1.29, 1.82) is 0 Å². The Hall–Kier alpha value is -1.46. The third-order valence-electron chi connectivity index (χ3n) is 5.26. The summed E-state index contributed by atoms with van der Waals surface area (Å²) in [5.74, 6) is 0.154. The van der Waals surface area contributed by atoms with Gasteiger partial charge in [-0.25, -0.2) is 0 Å². The molecule has 3 nitrogen and oxygen atoms in total. The van der Waals surface area contributed by atoms with Gasteiger partial charge < -0.3 is 14.8 Å². The molecule has 0 amide bonds. The lowest BCUT2D eigenvalue weighted by Crippen LogP contribution is -2.68. The summed E-state index contributed by atoms with van der Waals surface area (Å²) < 4.78 is 7.06. The number of hydrogen-bond donors (Lipinski definition) is 2. The maximum absolute atomic E-state index is 9.77. The van der Waals surface area contributed by atoms with Gasteiger partial charge in [-0.3, -0.25) is 0 Å². The fraction of sp³-hybridized carbons (Fsp3) is 0.429. The van der Waals surface area contributed by atoms with Gasteiger partial charge in [0.2, 0.25) is 0 Å². The third-order valence-corrected chi connectivity index (χ3v) is 10.3. The highest BCUT2D eigenvalue weighted by Crippen LogP contribution is 2.38. The Morgan fingerprint density at radius 1 is 0.960 bits per heavy atom. The van der Waals surface area contributed by atoms with Gasteiger partial charge in [0.05, 0.1) is 6.10 Å². The number of aliphatic hydroxyl groups excluding tert-OH is 1. The standard InChI is InChI=1S/C21H29NO2Si/c1-21(2,3)25(18-10-6-4-7-11-18,19-12-8-5-9-13-19)24-20-15-22-14-17(20)16-23/h4-13,17,20,22-23H,14-16H2,1-3H3/t17-,20+/m0/s1. The van der Waals surface area contributed by atoms with Crippen LogP contribution in [0.5, 0.6) is 0 Å². The molecule has 1 heterocycles. The Kier molecular flexibility index (Phi) is 5.44. The Balaban J connectivity index is 2.15. The molecule has 1 fully saturated rings. The molecule has 0 saturated carbocycles. The van der Waals surface area contributed by atoms with Gasteiger partial charge in [-0.15, -0.1) is 0 Å². The smallest absolute Gasteiger partial charge is 0.261 e. The number of hydrogen-bond acceptors (Lipinski definition) is 3. The zero-order valence-corrected chi connectivity index (χ0v) is 16.4. The van der Waals surface area contributed by atoms with Crippen molar-refractivity contribution in [3.8, 4) is 0 Å². The Bertz CT molecular complexity index is 630. The second-order valence-electron chi connectivity index (χ2n) is 7.92. The first-order chi connectivity index (χ1) is 12.0. The van der Waals surface area contributed by atoms with Crippen LogP contribution < -0.4 is 15.7 Å². The van der Waals surface area contributed by atoms with Gasteiger partial charge in [0, 0.05) is 25.6 Å². The number of rotatable bonds is 5. The van der Waals surface area contributed by atoms with Crippen molar-refractivity contribution >= 4 is 18.7 Å². The van der Waals surface area contributed by atoms with E-state index in [9.17, 15) is 5.11 Å². The molecule has 0 spiro atoms. The van der Waals surface area contributed by atoms with Crippen LogP contribution in [0.1, 0.15) is 20.8 Å².